The van der Waals surface area contributed by atoms with Gasteiger partial charge in [0, 0.05) is 25.6 Å². The third kappa shape index (κ3) is 2.17. The highest BCUT2D eigenvalue weighted by atomic mass is 16.2. The predicted octanol–water partition coefficient (Wildman–Crippen LogP) is 1.23. The molecule has 3 atom stereocenters. The first-order valence-corrected chi connectivity index (χ1v) is 6.21. The molecule has 86 valence electrons. The quantitative estimate of drug-likeness (QED) is 0.745. The largest absolute Gasteiger partial charge is 0.342 e. The second kappa shape index (κ2) is 4.52. The number of carbonyl (C=O) groups excluding carboxylic acids is 1. The normalized spacial score (nSPS) is 32.5. The van der Waals surface area contributed by atoms with Crippen LogP contribution in [0.3, 0.4) is 0 Å². The lowest BCUT2D eigenvalue weighted by Crippen LogP contribution is -2.36. The Bertz CT molecular complexity index is 228. The van der Waals surface area contributed by atoms with Crippen LogP contribution in [0.4, 0.5) is 0 Å². The Balaban J connectivity index is 1.93. The van der Waals surface area contributed by atoms with Gasteiger partial charge in [-0.2, -0.15) is 0 Å². The summed E-state index contributed by atoms with van der Waals surface area (Å²) in [5, 5.41) is 0. The van der Waals surface area contributed by atoms with E-state index in [0.717, 1.165) is 24.9 Å². The van der Waals surface area contributed by atoms with Gasteiger partial charge in [-0.3, -0.25) is 4.79 Å². The van der Waals surface area contributed by atoms with E-state index in [1.807, 2.05) is 6.92 Å². The lowest BCUT2D eigenvalue weighted by atomic mass is 9.82. The van der Waals surface area contributed by atoms with Crippen molar-refractivity contribution in [2.75, 3.05) is 19.6 Å². The van der Waals surface area contributed by atoms with Crippen molar-refractivity contribution in [1.29, 1.82) is 0 Å². The topological polar surface area (TPSA) is 46.3 Å². The summed E-state index contributed by atoms with van der Waals surface area (Å²) in [6, 6.07) is 0. The molecule has 0 aromatic carbocycles. The van der Waals surface area contributed by atoms with E-state index in [1.54, 1.807) is 0 Å². The Morgan fingerprint density at radius 3 is 2.33 bits per heavy atom. The van der Waals surface area contributed by atoms with Gasteiger partial charge >= 0.3 is 0 Å². The minimum absolute atomic E-state index is 0.00477. The van der Waals surface area contributed by atoms with Gasteiger partial charge in [0.2, 0.25) is 5.91 Å². The molecular weight excluding hydrogens is 188 g/mol. The maximum atomic E-state index is 12.0. The van der Waals surface area contributed by atoms with E-state index in [4.69, 9.17) is 5.73 Å². The number of hydrogen-bond donors (Lipinski definition) is 1. The van der Waals surface area contributed by atoms with Crippen LogP contribution in [0.25, 0.3) is 0 Å². The van der Waals surface area contributed by atoms with E-state index in [0.29, 0.717) is 6.54 Å². The minimum Gasteiger partial charge on any atom is -0.342 e. The number of rotatable bonds is 2. The highest BCUT2D eigenvalue weighted by molar-refractivity contribution is 5.79. The maximum Gasteiger partial charge on any atom is 0.226 e. The van der Waals surface area contributed by atoms with Gasteiger partial charge < -0.3 is 10.6 Å². The number of nitrogens with two attached hydrogens (primary N) is 1. The number of likely N-dealkylation sites (tertiary alicyclic amines) is 1. The molecule has 1 saturated heterocycles. The molecule has 0 radical (unpaired) electrons. The fourth-order valence-corrected chi connectivity index (χ4v) is 3.00. The van der Waals surface area contributed by atoms with Crippen molar-refractivity contribution in [3.63, 3.8) is 0 Å². The number of carbonyl (C=O) groups is 1. The van der Waals surface area contributed by atoms with E-state index in [-0.39, 0.29) is 11.8 Å². The van der Waals surface area contributed by atoms with Crippen LogP contribution in [-0.2, 0) is 4.79 Å². The summed E-state index contributed by atoms with van der Waals surface area (Å²) < 4.78 is 0. The molecule has 1 heterocycles. The zero-order valence-electron chi connectivity index (χ0n) is 9.61. The molecule has 1 aliphatic carbocycles. The van der Waals surface area contributed by atoms with Gasteiger partial charge in [0.15, 0.2) is 0 Å². The van der Waals surface area contributed by atoms with Crippen molar-refractivity contribution in [3.05, 3.63) is 0 Å². The third-order valence-corrected chi connectivity index (χ3v) is 4.06. The van der Waals surface area contributed by atoms with Crippen molar-refractivity contribution in [2.24, 2.45) is 23.5 Å². The smallest absolute Gasteiger partial charge is 0.226 e. The predicted molar refractivity (Wildman–Crippen MR) is 60.2 cm³/mol. The fraction of sp³-hybridized carbons (Fsp3) is 0.917. The van der Waals surface area contributed by atoms with E-state index in [2.05, 4.69) is 4.90 Å². The Morgan fingerprint density at radius 1 is 1.33 bits per heavy atom. The molecular formula is C12H22N2O. The van der Waals surface area contributed by atoms with Crippen molar-refractivity contribution in [2.45, 2.75) is 32.6 Å². The first-order chi connectivity index (χ1) is 7.22. The molecule has 1 amide bonds. The van der Waals surface area contributed by atoms with Gasteiger partial charge in [-0.1, -0.05) is 19.8 Å². The van der Waals surface area contributed by atoms with Crippen LogP contribution in [0.1, 0.15) is 32.6 Å². The van der Waals surface area contributed by atoms with Gasteiger partial charge in [-0.25, -0.2) is 0 Å². The van der Waals surface area contributed by atoms with Crippen LogP contribution < -0.4 is 5.73 Å². The second-order valence-electron chi connectivity index (χ2n) is 5.18. The molecule has 2 N–H and O–H groups in total. The molecule has 0 aromatic heterocycles. The summed E-state index contributed by atoms with van der Waals surface area (Å²) in [7, 11) is 0. The third-order valence-electron chi connectivity index (χ3n) is 4.06. The first-order valence-electron chi connectivity index (χ1n) is 6.21. The average Bonchev–Trinajstić information content (AvgIpc) is 2.70. The van der Waals surface area contributed by atoms with Gasteiger partial charge in [-0.15, -0.1) is 0 Å². The summed E-state index contributed by atoms with van der Waals surface area (Å²) in [6.07, 6.45) is 5.36. The molecule has 2 fully saturated rings. The highest BCUT2D eigenvalue weighted by Gasteiger charge is 2.37. The van der Waals surface area contributed by atoms with Crippen LogP contribution in [0, 0.1) is 17.8 Å². The summed E-state index contributed by atoms with van der Waals surface area (Å²) in [5.41, 5.74) is 5.54. The molecule has 15 heavy (non-hydrogen) atoms. The van der Waals surface area contributed by atoms with E-state index in [9.17, 15) is 4.79 Å². The van der Waals surface area contributed by atoms with Crippen molar-refractivity contribution in [1.82, 2.24) is 4.90 Å². The molecule has 0 bridgehead atoms. The lowest BCUT2D eigenvalue weighted by molar-refractivity contribution is -0.133. The van der Waals surface area contributed by atoms with Crippen molar-refractivity contribution in [3.8, 4) is 0 Å². The zero-order valence-corrected chi connectivity index (χ0v) is 9.61. The van der Waals surface area contributed by atoms with Crippen LogP contribution in [-0.4, -0.2) is 30.4 Å². The zero-order chi connectivity index (χ0) is 10.8. The van der Waals surface area contributed by atoms with E-state index in [1.165, 1.54) is 25.7 Å². The van der Waals surface area contributed by atoms with E-state index < -0.39 is 0 Å². The van der Waals surface area contributed by atoms with Crippen LogP contribution in [0.5, 0.6) is 0 Å². The SMILES string of the molecule is CC(CN)C(=O)N1CC2CCCCC2C1. The number of amides is 1. The van der Waals surface area contributed by atoms with Crippen molar-refractivity contribution >= 4 is 5.91 Å². The Hall–Kier alpha value is -0.570. The molecule has 2 rings (SSSR count). The Kier molecular flexibility index (Phi) is 3.29. The molecule has 2 aliphatic rings. The molecule has 3 unspecified atom stereocenters. The first kappa shape index (κ1) is 10.9. The molecule has 1 saturated carbocycles. The molecule has 3 heteroatoms. The molecule has 3 nitrogen and oxygen atoms in total. The van der Waals surface area contributed by atoms with Crippen LogP contribution >= 0.6 is 0 Å². The van der Waals surface area contributed by atoms with Gasteiger partial charge in [0.05, 0.1) is 0 Å². The summed E-state index contributed by atoms with van der Waals surface area (Å²) in [4.78, 5) is 14.0. The minimum atomic E-state index is 0.00477. The molecule has 0 spiro atoms. The van der Waals surface area contributed by atoms with Gasteiger partial charge in [0.25, 0.3) is 0 Å². The number of hydrogen-bond acceptors (Lipinski definition) is 2. The lowest BCUT2D eigenvalue weighted by Gasteiger charge is -2.22. The highest BCUT2D eigenvalue weighted by Crippen LogP contribution is 2.36. The van der Waals surface area contributed by atoms with Crippen LogP contribution in [0.2, 0.25) is 0 Å². The summed E-state index contributed by atoms with van der Waals surface area (Å²) >= 11 is 0. The number of fused-ring (bicyclic) bond motifs is 1. The number of nitrogens with zero attached hydrogens (tertiary/aromatic N) is 1. The summed E-state index contributed by atoms with van der Waals surface area (Å²) in [6.45, 7) is 4.40. The van der Waals surface area contributed by atoms with Crippen molar-refractivity contribution < 1.29 is 4.79 Å². The fourth-order valence-electron chi connectivity index (χ4n) is 3.00. The Labute approximate surface area is 92.0 Å². The van der Waals surface area contributed by atoms with E-state index >= 15 is 0 Å². The summed E-state index contributed by atoms with van der Waals surface area (Å²) in [5.74, 6) is 1.84. The Morgan fingerprint density at radius 2 is 1.87 bits per heavy atom. The maximum absolute atomic E-state index is 12.0. The van der Waals surface area contributed by atoms with Gasteiger partial charge in [0.1, 0.15) is 0 Å². The monoisotopic (exact) mass is 210 g/mol. The van der Waals surface area contributed by atoms with Gasteiger partial charge in [-0.05, 0) is 24.7 Å². The molecule has 0 aromatic rings. The average molecular weight is 210 g/mol. The second-order valence-corrected chi connectivity index (χ2v) is 5.18. The van der Waals surface area contributed by atoms with Crippen LogP contribution in [0.15, 0.2) is 0 Å². The molecule has 1 aliphatic heterocycles. The standard InChI is InChI=1S/C12H22N2O/c1-9(6-13)12(15)14-7-10-4-2-3-5-11(10)8-14/h9-11H,2-8,13H2,1H3.